The lowest BCUT2D eigenvalue weighted by Gasteiger charge is -2.43. The van der Waals surface area contributed by atoms with Gasteiger partial charge in [0.25, 0.3) is 0 Å². The number of piperazine rings is 1. The minimum atomic E-state index is 0.0110. The Morgan fingerprint density at radius 2 is 1.77 bits per heavy atom. The Morgan fingerprint density at radius 3 is 2.43 bits per heavy atom. The fraction of sp³-hybridized carbons (Fsp3) is 0.375. The number of carbonyl (C=O) groups is 1. The topological polar surface area (TPSA) is 23.6 Å². The average Bonchev–Trinajstić information content (AvgIpc) is 3.42. The van der Waals surface area contributed by atoms with Crippen molar-refractivity contribution in [3.8, 4) is 0 Å². The number of amides is 1. The molecule has 3 atom stereocenters. The molecule has 0 aromatic heterocycles. The highest BCUT2D eigenvalue weighted by Crippen LogP contribution is 2.52. The first-order valence-corrected chi connectivity index (χ1v) is 11.6. The Bertz CT molecular complexity index is 1000. The molecule has 0 bridgehead atoms. The van der Waals surface area contributed by atoms with Gasteiger partial charge in [-0.25, -0.2) is 0 Å². The van der Waals surface area contributed by atoms with Gasteiger partial charge in [0.15, 0.2) is 0 Å². The molecule has 2 aliphatic carbocycles. The van der Waals surface area contributed by atoms with Crippen LogP contribution in [0.3, 0.4) is 0 Å². The zero-order chi connectivity index (χ0) is 20.8. The average molecular weight is 462 g/mol. The lowest BCUT2D eigenvalue weighted by atomic mass is 9.97. The lowest BCUT2D eigenvalue weighted by Crippen LogP contribution is -2.51. The third kappa shape index (κ3) is 3.95. The summed E-state index contributed by atoms with van der Waals surface area (Å²) in [5, 5.41) is 1.94. The maximum Gasteiger partial charge on any atom is 0.223 e. The van der Waals surface area contributed by atoms with Crippen molar-refractivity contribution >= 4 is 46.4 Å². The van der Waals surface area contributed by atoms with E-state index in [2.05, 4.69) is 11.0 Å². The molecule has 1 heterocycles. The molecule has 156 valence electrons. The van der Waals surface area contributed by atoms with Crippen LogP contribution in [0.25, 0.3) is 0 Å². The van der Waals surface area contributed by atoms with E-state index in [1.807, 2.05) is 41.3 Å². The molecule has 2 aromatic carbocycles. The Hall–Kier alpha value is -1.68. The Labute approximate surface area is 192 Å². The van der Waals surface area contributed by atoms with Crippen LogP contribution in [0.1, 0.15) is 30.9 Å². The second kappa shape index (κ2) is 8.11. The van der Waals surface area contributed by atoms with Gasteiger partial charge in [-0.15, -0.1) is 0 Å². The van der Waals surface area contributed by atoms with Crippen LogP contribution < -0.4 is 4.90 Å². The maximum atomic E-state index is 13.1. The number of fused-ring (bicyclic) bond motifs is 1. The minimum absolute atomic E-state index is 0.0110. The molecular weight excluding hydrogens is 439 g/mol. The largest absolute Gasteiger partial charge is 0.360 e. The third-order valence-corrected chi connectivity index (χ3v) is 7.46. The van der Waals surface area contributed by atoms with Crippen molar-refractivity contribution in [3.05, 3.63) is 74.7 Å². The summed E-state index contributed by atoms with van der Waals surface area (Å²) < 4.78 is 0. The summed E-state index contributed by atoms with van der Waals surface area (Å²) >= 11 is 18.8. The second-order valence-corrected chi connectivity index (χ2v) is 9.77. The van der Waals surface area contributed by atoms with E-state index < -0.39 is 0 Å². The highest BCUT2D eigenvalue weighted by atomic mass is 35.5. The molecule has 1 saturated carbocycles. The van der Waals surface area contributed by atoms with Gasteiger partial charge in [0.05, 0.1) is 16.8 Å². The van der Waals surface area contributed by atoms with Crippen molar-refractivity contribution in [1.82, 2.24) is 4.90 Å². The number of benzene rings is 2. The Morgan fingerprint density at radius 1 is 1.00 bits per heavy atom. The smallest absolute Gasteiger partial charge is 0.223 e. The molecule has 0 radical (unpaired) electrons. The first-order chi connectivity index (χ1) is 14.5. The molecule has 3 aliphatic rings. The fourth-order valence-electron chi connectivity index (χ4n) is 4.93. The number of carbonyl (C=O) groups excluding carboxylic acids is 1. The van der Waals surface area contributed by atoms with Crippen molar-refractivity contribution < 1.29 is 4.79 Å². The fourth-order valence-corrected chi connectivity index (χ4v) is 5.57. The monoisotopic (exact) mass is 460 g/mol. The standard InChI is InChI=1S/C24H23Cl3N2O/c25-18-5-3-15(4-6-18)23-14-28(24(30)12-17-2-1-16-11-20(16)17)9-10-29(23)22-8-7-19(26)13-21(22)27/h1,3-8,13,17,20,23H,2,9-12,14H2/t17?,20-,23-/m0/s1. The van der Waals surface area contributed by atoms with E-state index in [0.29, 0.717) is 46.4 Å². The minimum Gasteiger partial charge on any atom is -0.360 e. The summed E-state index contributed by atoms with van der Waals surface area (Å²) in [5.41, 5.74) is 3.62. The molecule has 30 heavy (non-hydrogen) atoms. The van der Waals surface area contributed by atoms with Crippen LogP contribution in [0.15, 0.2) is 54.1 Å². The zero-order valence-corrected chi connectivity index (χ0v) is 18.8. The molecule has 0 spiro atoms. The quantitative estimate of drug-likeness (QED) is 0.492. The van der Waals surface area contributed by atoms with E-state index in [0.717, 1.165) is 24.2 Å². The number of hydrogen-bond donors (Lipinski definition) is 0. The van der Waals surface area contributed by atoms with E-state index in [4.69, 9.17) is 34.8 Å². The number of hydrogen-bond acceptors (Lipinski definition) is 2. The summed E-state index contributed by atoms with van der Waals surface area (Å²) in [5.74, 6) is 1.45. The van der Waals surface area contributed by atoms with E-state index in [9.17, 15) is 4.79 Å². The molecule has 1 aliphatic heterocycles. The van der Waals surface area contributed by atoms with Gasteiger partial charge in [-0.1, -0.05) is 58.6 Å². The first-order valence-electron chi connectivity index (χ1n) is 10.4. The van der Waals surface area contributed by atoms with Crippen LogP contribution in [-0.4, -0.2) is 30.4 Å². The van der Waals surface area contributed by atoms with Crippen LogP contribution in [-0.2, 0) is 4.79 Å². The molecule has 2 fully saturated rings. The number of halogens is 3. The molecule has 6 heteroatoms. The predicted molar refractivity (Wildman–Crippen MR) is 123 cm³/mol. The first kappa shape index (κ1) is 20.2. The van der Waals surface area contributed by atoms with Gasteiger partial charge in [0.1, 0.15) is 0 Å². The van der Waals surface area contributed by atoms with Gasteiger partial charge in [0.2, 0.25) is 5.91 Å². The van der Waals surface area contributed by atoms with E-state index >= 15 is 0 Å². The van der Waals surface area contributed by atoms with Crippen molar-refractivity contribution in [3.63, 3.8) is 0 Å². The van der Waals surface area contributed by atoms with E-state index in [-0.39, 0.29) is 11.9 Å². The van der Waals surface area contributed by atoms with Crippen LogP contribution in [0.4, 0.5) is 5.69 Å². The Balaban J connectivity index is 1.38. The molecular formula is C24H23Cl3N2O. The third-order valence-electron chi connectivity index (χ3n) is 6.67. The Kier molecular flexibility index (Phi) is 5.47. The van der Waals surface area contributed by atoms with Gasteiger partial charge in [0, 0.05) is 36.1 Å². The van der Waals surface area contributed by atoms with Gasteiger partial charge in [-0.05, 0) is 60.6 Å². The molecule has 1 saturated heterocycles. The van der Waals surface area contributed by atoms with Crippen LogP contribution in [0, 0.1) is 11.8 Å². The molecule has 0 N–H and O–H groups in total. The summed E-state index contributed by atoms with van der Waals surface area (Å²) in [6.07, 6.45) is 5.25. The van der Waals surface area contributed by atoms with Crippen molar-refractivity contribution in [2.24, 2.45) is 11.8 Å². The summed E-state index contributed by atoms with van der Waals surface area (Å²) in [4.78, 5) is 17.4. The van der Waals surface area contributed by atoms with Crippen LogP contribution in [0.5, 0.6) is 0 Å². The molecule has 2 aromatic rings. The van der Waals surface area contributed by atoms with E-state index in [1.54, 1.807) is 11.6 Å². The predicted octanol–water partition coefficient (Wildman–Crippen LogP) is 6.39. The molecule has 3 nitrogen and oxygen atoms in total. The molecule has 1 amide bonds. The van der Waals surface area contributed by atoms with Gasteiger partial charge >= 0.3 is 0 Å². The summed E-state index contributed by atoms with van der Waals surface area (Å²) in [7, 11) is 0. The van der Waals surface area contributed by atoms with Crippen LogP contribution in [0.2, 0.25) is 15.1 Å². The SMILES string of the molecule is O=C(CC1CC=C2C[C@@H]21)N1CCN(c2ccc(Cl)cc2Cl)[C@H](c2ccc(Cl)cc2)C1. The second-order valence-electron chi connectivity index (χ2n) is 8.49. The molecule has 1 unspecified atom stereocenters. The molecule has 5 rings (SSSR count). The van der Waals surface area contributed by atoms with Gasteiger partial charge in [-0.2, -0.15) is 0 Å². The highest BCUT2D eigenvalue weighted by molar-refractivity contribution is 6.36. The van der Waals surface area contributed by atoms with Gasteiger partial charge < -0.3 is 9.80 Å². The van der Waals surface area contributed by atoms with E-state index in [1.165, 1.54) is 6.42 Å². The summed E-state index contributed by atoms with van der Waals surface area (Å²) in [6, 6.07) is 13.5. The normalized spacial score (nSPS) is 25.2. The lowest BCUT2D eigenvalue weighted by molar-refractivity contribution is -0.133. The van der Waals surface area contributed by atoms with Crippen molar-refractivity contribution in [1.29, 1.82) is 0 Å². The van der Waals surface area contributed by atoms with Crippen LogP contribution >= 0.6 is 34.8 Å². The van der Waals surface area contributed by atoms with Crippen molar-refractivity contribution in [2.75, 3.05) is 24.5 Å². The maximum absolute atomic E-state index is 13.1. The number of rotatable bonds is 4. The number of anilines is 1. The van der Waals surface area contributed by atoms with Gasteiger partial charge in [-0.3, -0.25) is 4.79 Å². The zero-order valence-electron chi connectivity index (χ0n) is 16.5. The van der Waals surface area contributed by atoms with Crippen molar-refractivity contribution in [2.45, 2.75) is 25.3 Å². The number of nitrogens with zero attached hydrogens (tertiary/aromatic N) is 2. The number of allylic oxidation sites excluding steroid dienone is 2. The highest BCUT2D eigenvalue weighted by Gasteiger charge is 2.42. The summed E-state index contributed by atoms with van der Waals surface area (Å²) in [6.45, 7) is 2.05.